The quantitative estimate of drug-likeness (QED) is 0.792. The first-order valence-electron chi connectivity index (χ1n) is 5.81. The molecule has 4 heteroatoms. The van der Waals surface area contributed by atoms with Crippen LogP contribution in [0.25, 0.3) is 16.6 Å². The van der Waals surface area contributed by atoms with E-state index in [9.17, 15) is 4.39 Å². The van der Waals surface area contributed by atoms with Crippen LogP contribution in [0, 0.1) is 11.7 Å². The first-order chi connectivity index (χ1) is 8.25. The van der Waals surface area contributed by atoms with Crippen LogP contribution in [0.3, 0.4) is 0 Å². The van der Waals surface area contributed by atoms with Crippen LogP contribution in [-0.2, 0) is 0 Å². The molecule has 1 aromatic carbocycles. The Morgan fingerprint density at radius 3 is 3.06 bits per heavy atom. The summed E-state index contributed by atoms with van der Waals surface area (Å²) >= 11 is 0. The molecular weight excluding hydrogens is 217 g/mol. The van der Waals surface area contributed by atoms with Gasteiger partial charge in [0.1, 0.15) is 5.82 Å². The molecule has 3 nitrogen and oxygen atoms in total. The van der Waals surface area contributed by atoms with Crippen LogP contribution in [-0.4, -0.2) is 16.7 Å². The molecule has 2 heterocycles. The summed E-state index contributed by atoms with van der Waals surface area (Å²) in [5.74, 6) is 0.407. The van der Waals surface area contributed by atoms with Gasteiger partial charge in [-0.2, -0.15) is 5.10 Å². The van der Waals surface area contributed by atoms with Gasteiger partial charge in [-0.3, -0.25) is 5.10 Å². The van der Waals surface area contributed by atoms with Crippen LogP contribution in [0.1, 0.15) is 18.9 Å². The maximum Gasteiger partial charge on any atom is 0.143 e. The summed E-state index contributed by atoms with van der Waals surface area (Å²) in [6.45, 7) is 3.07. The van der Waals surface area contributed by atoms with Gasteiger partial charge >= 0.3 is 0 Å². The van der Waals surface area contributed by atoms with Gasteiger partial charge in [0, 0.05) is 17.8 Å². The standard InChI is InChI=1S/C13H14FN3/c1-8-2-4-11(15-6-8)9-3-5-12-10(13(9)14)7-16-17-12/h3-5,7-8,15H,2,6H2,1H3,(H,16,17)/t8-/m0/s1. The van der Waals surface area contributed by atoms with Gasteiger partial charge in [0.25, 0.3) is 0 Å². The zero-order chi connectivity index (χ0) is 11.8. The molecule has 0 saturated carbocycles. The molecule has 0 bridgehead atoms. The van der Waals surface area contributed by atoms with Crippen molar-refractivity contribution in [1.82, 2.24) is 15.5 Å². The second kappa shape index (κ2) is 3.87. The zero-order valence-corrected chi connectivity index (χ0v) is 9.63. The summed E-state index contributed by atoms with van der Waals surface area (Å²) in [5.41, 5.74) is 2.26. The van der Waals surface area contributed by atoms with E-state index in [1.807, 2.05) is 6.07 Å². The average molecular weight is 231 g/mol. The molecule has 88 valence electrons. The number of aromatic amines is 1. The molecule has 0 spiro atoms. The van der Waals surface area contributed by atoms with Gasteiger partial charge in [0.05, 0.1) is 17.1 Å². The van der Waals surface area contributed by atoms with Crippen molar-refractivity contribution in [3.8, 4) is 0 Å². The van der Waals surface area contributed by atoms with E-state index in [4.69, 9.17) is 0 Å². The zero-order valence-electron chi connectivity index (χ0n) is 9.63. The minimum atomic E-state index is -0.204. The maximum absolute atomic E-state index is 14.2. The van der Waals surface area contributed by atoms with Crippen molar-refractivity contribution < 1.29 is 4.39 Å². The van der Waals surface area contributed by atoms with Gasteiger partial charge in [-0.15, -0.1) is 0 Å². The van der Waals surface area contributed by atoms with E-state index in [2.05, 4.69) is 28.5 Å². The van der Waals surface area contributed by atoms with E-state index in [0.717, 1.165) is 24.2 Å². The number of hydrogen-bond donors (Lipinski definition) is 2. The molecule has 1 atom stereocenters. The lowest BCUT2D eigenvalue weighted by atomic mass is 9.99. The van der Waals surface area contributed by atoms with Crippen LogP contribution in [0.5, 0.6) is 0 Å². The Labute approximate surface area is 98.7 Å². The molecule has 0 amide bonds. The normalized spacial score (nSPS) is 20.1. The van der Waals surface area contributed by atoms with Crippen LogP contribution >= 0.6 is 0 Å². The summed E-state index contributed by atoms with van der Waals surface area (Å²) in [7, 11) is 0. The number of halogens is 1. The molecule has 3 rings (SSSR count). The highest BCUT2D eigenvalue weighted by molar-refractivity contribution is 5.83. The number of aromatic nitrogens is 2. The summed E-state index contributed by atoms with van der Waals surface area (Å²) in [5, 5.41) is 10.4. The van der Waals surface area contributed by atoms with E-state index < -0.39 is 0 Å². The predicted octanol–water partition coefficient (Wildman–Crippen LogP) is 2.67. The van der Waals surface area contributed by atoms with Gasteiger partial charge in [-0.25, -0.2) is 4.39 Å². The first-order valence-corrected chi connectivity index (χ1v) is 5.81. The third-order valence-corrected chi connectivity index (χ3v) is 3.21. The maximum atomic E-state index is 14.2. The number of nitrogens with zero attached hydrogens (tertiary/aromatic N) is 1. The number of nitrogens with one attached hydrogen (secondary N) is 2. The van der Waals surface area contributed by atoms with Crippen molar-refractivity contribution in [3.63, 3.8) is 0 Å². The predicted molar refractivity (Wildman–Crippen MR) is 65.8 cm³/mol. The lowest BCUT2D eigenvalue weighted by Crippen LogP contribution is -2.24. The van der Waals surface area contributed by atoms with E-state index >= 15 is 0 Å². The second-order valence-electron chi connectivity index (χ2n) is 4.60. The van der Waals surface area contributed by atoms with Gasteiger partial charge in [-0.05, 0) is 24.5 Å². The minimum Gasteiger partial charge on any atom is -0.384 e. The minimum absolute atomic E-state index is 0.204. The molecule has 2 aromatic rings. The van der Waals surface area contributed by atoms with Crippen LogP contribution in [0.2, 0.25) is 0 Å². The Hall–Kier alpha value is -1.84. The van der Waals surface area contributed by atoms with E-state index in [1.165, 1.54) is 6.20 Å². The largest absolute Gasteiger partial charge is 0.384 e. The molecule has 0 radical (unpaired) electrons. The highest BCUT2D eigenvalue weighted by Gasteiger charge is 2.16. The van der Waals surface area contributed by atoms with Gasteiger partial charge in [0.15, 0.2) is 0 Å². The monoisotopic (exact) mass is 231 g/mol. The van der Waals surface area contributed by atoms with E-state index in [0.29, 0.717) is 16.9 Å². The third-order valence-electron chi connectivity index (χ3n) is 3.21. The second-order valence-corrected chi connectivity index (χ2v) is 4.60. The number of benzene rings is 1. The molecule has 17 heavy (non-hydrogen) atoms. The Morgan fingerprint density at radius 2 is 2.29 bits per heavy atom. The number of allylic oxidation sites excluding steroid dienone is 1. The molecule has 1 aliphatic heterocycles. The van der Waals surface area contributed by atoms with Crippen molar-refractivity contribution in [2.45, 2.75) is 13.3 Å². The first kappa shape index (κ1) is 10.3. The smallest absolute Gasteiger partial charge is 0.143 e. The van der Waals surface area contributed by atoms with Crippen molar-refractivity contribution in [2.24, 2.45) is 5.92 Å². The molecule has 0 unspecified atom stereocenters. The summed E-state index contributed by atoms with van der Waals surface area (Å²) in [4.78, 5) is 0. The SMILES string of the molecule is C[C@H]1CC=C(c2ccc3[nH]ncc3c2F)NC1. The highest BCUT2D eigenvalue weighted by Crippen LogP contribution is 2.26. The summed E-state index contributed by atoms with van der Waals surface area (Å²) < 4.78 is 14.2. The number of hydrogen-bond acceptors (Lipinski definition) is 2. The molecule has 0 saturated heterocycles. The Bertz CT molecular complexity index is 585. The Morgan fingerprint density at radius 1 is 1.41 bits per heavy atom. The molecule has 1 aliphatic rings. The van der Waals surface area contributed by atoms with Gasteiger partial charge < -0.3 is 5.32 Å². The van der Waals surface area contributed by atoms with Gasteiger partial charge in [0.2, 0.25) is 0 Å². The lowest BCUT2D eigenvalue weighted by molar-refractivity contribution is 0.546. The molecular formula is C13H14FN3. The van der Waals surface area contributed by atoms with Gasteiger partial charge in [-0.1, -0.05) is 13.0 Å². The van der Waals surface area contributed by atoms with Crippen LogP contribution in [0.4, 0.5) is 4.39 Å². The van der Waals surface area contributed by atoms with E-state index in [-0.39, 0.29) is 5.82 Å². The molecule has 2 N–H and O–H groups in total. The third kappa shape index (κ3) is 1.69. The van der Waals surface area contributed by atoms with Crippen molar-refractivity contribution in [1.29, 1.82) is 0 Å². The fourth-order valence-corrected chi connectivity index (χ4v) is 2.15. The summed E-state index contributed by atoms with van der Waals surface area (Å²) in [6, 6.07) is 3.66. The van der Waals surface area contributed by atoms with E-state index in [1.54, 1.807) is 6.07 Å². The topological polar surface area (TPSA) is 40.7 Å². The number of H-pyrrole nitrogens is 1. The van der Waals surface area contributed by atoms with Crippen LogP contribution in [0.15, 0.2) is 24.4 Å². The van der Waals surface area contributed by atoms with Crippen molar-refractivity contribution in [2.75, 3.05) is 6.54 Å². The number of fused-ring (bicyclic) bond motifs is 1. The fourth-order valence-electron chi connectivity index (χ4n) is 2.15. The summed E-state index contributed by atoms with van der Waals surface area (Å²) in [6.07, 6.45) is 4.59. The Kier molecular flexibility index (Phi) is 2.35. The fraction of sp³-hybridized carbons (Fsp3) is 0.308. The molecule has 1 aromatic heterocycles. The number of rotatable bonds is 1. The van der Waals surface area contributed by atoms with Crippen molar-refractivity contribution in [3.05, 3.63) is 35.8 Å². The van der Waals surface area contributed by atoms with Crippen molar-refractivity contribution >= 4 is 16.6 Å². The molecule has 0 aliphatic carbocycles. The Balaban J connectivity index is 2.08. The average Bonchev–Trinajstić information content (AvgIpc) is 2.80. The molecule has 0 fully saturated rings. The van der Waals surface area contributed by atoms with Crippen LogP contribution < -0.4 is 5.32 Å². The lowest BCUT2D eigenvalue weighted by Gasteiger charge is -2.21. The highest BCUT2D eigenvalue weighted by atomic mass is 19.1.